The van der Waals surface area contributed by atoms with Gasteiger partial charge in [-0.1, -0.05) is 0 Å². The van der Waals surface area contributed by atoms with Crippen LogP contribution in [0.25, 0.3) is 0 Å². The molecule has 0 radical (unpaired) electrons. The molecule has 3 N–H and O–H groups in total. The van der Waals surface area contributed by atoms with E-state index in [1.165, 1.54) is 12.3 Å². The third-order valence-electron chi connectivity index (χ3n) is 3.32. The quantitative estimate of drug-likeness (QED) is 0.523. The van der Waals surface area contributed by atoms with Crippen LogP contribution in [-0.2, 0) is 9.47 Å². The van der Waals surface area contributed by atoms with E-state index in [1.54, 1.807) is 0 Å². The van der Waals surface area contributed by atoms with Crippen molar-refractivity contribution in [2.75, 3.05) is 6.61 Å². The minimum Gasteiger partial charge on any atom is -0.388 e. The fourth-order valence-corrected chi connectivity index (χ4v) is 2.43. The zero-order valence-corrected chi connectivity index (χ0v) is 9.22. The average Bonchev–Trinajstić information content (AvgIpc) is 2.82. The summed E-state index contributed by atoms with van der Waals surface area (Å²) in [5.74, 6) is -0.589. The van der Waals surface area contributed by atoms with Crippen molar-refractivity contribution in [2.24, 2.45) is 5.92 Å². The topological polar surface area (TPSA) is 114 Å². The maximum Gasteiger partial charge on any atom is 0.330 e. The predicted molar refractivity (Wildman–Crippen MR) is 56.7 cm³/mol. The Morgan fingerprint density at radius 1 is 1.39 bits per heavy atom. The zero-order valence-electron chi connectivity index (χ0n) is 9.22. The standard InChI is InChI=1S/C10H12N2O6/c13-5-1-2-12(10(16)11-5)8-7(14)6-4(18-8)3-17-9(6)15/h1-2,4,6-9,14-15H,3H2,(H,11,13,16)/t4-,6+,7+,8-,9-/m1/s1. The molecule has 0 bridgehead atoms. The van der Waals surface area contributed by atoms with E-state index in [4.69, 9.17) is 9.47 Å². The molecular formula is C10H12N2O6. The fourth-order valence-electron chi connectivity index (χ4n) is 2.43. The summed E-state index contributed by atoms with van der Waals surface area (Å²) in [5, 5.41) is 19.6. The molecule has 3 heterocycles. The van der Waals surface area contributed by atoms with E-state index in [1.807, 2.05) is 0 Å². The first-order chi connectivity index (χ1) is 8.58. The molecule has 8 heteroatoms. The van der Waals surface area contributed by atoms with Gasteiger partial charge in [0.1, 0.15) is 6.10 Å². The number of nitrogens with zero attached hydrogens (tertiary/aromatic N) is 1. The zero-order chi connectivity index (χ0) is 12.9. The molecule has 2 saturated heterocycles. The van der Waals surface area contributed by atoms with Crippen LogP contribution in [0.15, 0.2) is 21.9 Å². The third kappa shape index (κ3) is 1.62. The summed E-state index contributed by atoms with van der Waals surface area (Å²) in [5.41, 5.74) is -1.19. The third-order valence-corrected chi connectivity index (χ3v) is 3.32. The summed E-state index contributed by atoms with van der Waals surface area (Å²) in [6.07, 6.45) is -2.31. The Morgan fingerprint density at radius 2 is 2.17 bits per heavy atom. The highest BCUT2D eigenvalue weighted by molar-refractivity contribution is 4.96. The van der Waals surface area contributed by atoms with Crippen molar-refractivity contribution in [3.05, 3.63) is 33.1 Å². The fraction of sp³-hybridized carbons (Fsp3) is 0.600. The highest BCUT2D eigenvalue weighted by Gasteiger charge is 2.52. The van der Waals surface area contributed by atoms with Crippen LogP contribution < -0.4 is 11.2 Å². The molecule has 2 fully saturated rings. The van der Waals surface area contributed by atoms with Gasteiger partial charge in [-0.2, -0.15) is 0 Å². The van der Waals surface area contributed by atoms with Crippen LogP contribution in [0, 0.1) is 5.92 Å². The maximum absolute atomic E-state index is 11.6. The van der Waals surface area contributed by atoms with Gasteiger partial charge in [-0.15, -0.1) is 0 Å². The van der Waals surface area contributed by atoms with E-state index >= 15 is 0 Å². The number of H-pyrrole nitrogens is 1. The molecule has 0 spiro atoms. The monoisotopic (exact) mass is 256 g/mol. The van der Waals surface area contributed by atoms with Gasteiger partial charge in [0.2, 0.25) is 0 Å². The summed E-state index contributed by atoms with van der Waals surface area (Å²) in [6.45, 7) is 0.164. The van der Waals surface area contributed by atoms with Crippen molar-refractivity contribution in [3.63, 3.8) is 0 Å². The number of aromatic amines is 1. The number of nitrogens with one attached hydrogen (secondary N) is 1. The Labute approximate surface area is 100 Å². The highest BCUT2D eigenvalue weighted by Crippen LogP contribution is 2.39. The smallest absolute Gasteiger partial charge is 0.330 e. The molecule has 18 heavy (non-hydrogen) atoms. The average molecular weight is 256 g/mol. The summed E-state index contributed by atoms with van der Waals surface area (Å²) in [7, 11) is 0. The molecule has 98 valence electrons. The molecule has 0 unspecified atom stereocenters. The molecule has 1 aromatic rings. The van der Waals surface area contributed by atoms with Gasteiger partial charge in [-0.05, 0) is 0 Å². The Balaban J connectivity index is 1.95. The largest absolute Gasteiger partial charge is 0.388 e. The van der Waals surface area contributed by atoms with Gasteiger partial charge in [0.15, 0.2) is 12.5 Å². The van der Waals surface area contributed by atoms with E-state index in [0.717, 1.165) is 4.57 Å². The Hall–Kier alpha value is -1.48. The number of hydrogen-bond donors (Lipinski definition) is 3. The van der Waals surface area contributed by atoms with Crippen LogP contribution in [0.3, 0.4) is 0 Å². The number of fused-ring (bicyclic) bond motifs is 1. The molecule has 0 aromatic carbocycles. The van der Waals surface area contributed by atoms with Gasteiger partial charge < -0.3 is 19.7 Å². The lowest BCUT2D eigenvalue weighted by Gasteiger charge is -2.20. The molecule has 2 aliphatic heterocycles. The molecule has 3 rings (SSSR count). The molecule has 0 aliphatic carbocycles. The van der Waals surface area contributed by atoms with Crippen LogP contribution in [0.1, 0.15) is 6.23 Å². The molecule has 0 saturated carbocycles. The van der Waals surface area contributed by atoms with Crippen molar-refractivity contribution >= 4 is 0 Å². The first-order valence-electron chi connectivity index (χ1n) is 5.52. The van der Waals surface area contributed by atoms with Crippen LogP contribution in [0.4, 0.5) is 0 Å². The van der Waals surface area contributed by atoms with E-state index in [2.05, 4.69) is 4.98 Å². The van der Waals surface area contributed by atoms with Crippen molar-refractivity contribution in [1.29, 1.82) is 0 Å². The summed E-state index contributed by atoms with van der Waals surface area (Å²) in [4.78, 5) is 24.6. The number of rotatable bonds is 1. The molecule has 2 aliphatic rings. The van der Waals surface area contributed by atoms with Crippen LogP contribution >= 0.6 is 0 Å². The number of hydrogen-bond acceptors (Lipinski definition) is 6. The van der Waals surface area contributed by atoms with Gasteiger partial charge in [-0.3, -0.25) is 14.3 Å². The first kappa shape index (κ1) is 11.6. The second kappa shape index (κ2) is 4.02. The van der Waals surface area contributed by atoms with Crippen LogP contribution in [-0.4, -0.2) is 44.9 Å². The van der Waals surface area contributed by atoms with E-state index in [0.29, 0.717) is 0 Å². The van der Waals surface area contributed by atoms with Crippen molar-refractivity contribution in [3.8, 4) is 0 Å². The van der Waals surface area contributed by atoms with Gasteiger partial charge in [-0.25, -0.2) is 4.79 Å². The normalized spacial score (nSPS) is 38.9. The first-order valence-corrected chi connectivity index (χ1v) is 5.52. The van der Waals surface area contributed by atoms with E-state index in [-0.39, 0.29) is 6.61 Å². The van der Waals surface area contributed by atoms with Gasteiger partial charge in [0.25, 0.3) is 5.56 Å². The number of ether oxygens (including phenoxy) is 2. The van der Waals surface area contributed by atoms with E-state index < -0.39 is 41.9 Å². The molecule has 5 atom stereocenters. The number of aromatic nitrogens is 2. The van der Waals surface area contributed by atoms with Crippen LogP contribution in [0.2, 0.25) is 0 Å². The minimum absolute atomic E-state index is 0.164. The summed E-state index contributed by atoms with van der Waals surface area (Å²) in [6, 6.07) is 1.17. The molecule has 1 aromatic heterocycles. The van der Waals surface area contributed by atoms with Gasteiger partial charge in [0, 0.05) is 12.3 Å². The molecule has 0 amide bonds. The predicted octanol–water partition coefficient (Wildman–Crippen LogP) is -2.24. The van der Waals surface area contributed by atoms with Crippen molar-refractivity contribution in [2.45, 2.75) is 24.7 Å². The number of aliphatic hydroxyl groups is 2. The minimum atomic E-state index is -1.10. The second-order valence-electron chi connectivity index (χ2n) is 4.37. The molecule has 8 nitrogen and oxygen atoms in total. The SMILES string of the molecule is O=c1ccn([C@@H]2O[C@@H]3CO[C@@H](O)[C@@H]3[C@@H]2O)c(=O)[nH]1. The highest BCUT2D eigenvalue weighted by atomic mass is 16.6. The second-order valence-corrected chi connectivity index (χ2v) is 4.37. The van der Waals surface area contributed by atoms with Crippen molar-refractivity contribution < 1.29 is 19.7 Å². The Morgan fingerprint density at radius 3 is 2.83 bits per heavy atom. The van der Waals surface area contributed by atoms with Crippen LogP contribution in [0.5, 0.6) is 0 Å². The van der Waals surface area contributed by atoms with Crippen molar-refractivity contribution in [1.82, 2.24) is 9.55 Å². The maximum atomic E-state index is 11.6. The lowest BCUT2D eigenvalue weighted by molar-refractivity contribution is -0.126. The number of aliphatic hydroxyl groups excluding tert-OH is 2. The molecular weight excluding hydrogens is 244 g/mol. The Kier molecular flexibility index (Phi) is 2.59. The van der Waals surface area contributed by atoms with Gasteiger partial charge >= 0.3 is 5.69 Å². The van der Waals surface area contributed by atoms with Gasteiger partial charge in [0.05, 0.1) is 18.6 Å². The lowest BCUT2D eigenvalue weighted by atomic mass is 10.00. The Bertz CT molecular complexity index is 566. The van der Waals surface area contributed by atoms with E-state index in [9.17, 15) is 19.8 Å². The summed E-state index contributed by atoms with van der Waals surface area (Å²) < 4.78 is 11.5. The lowest BCUT2D eigenvalue weighted by Crippen LogP contribution is -2.38. The summed E-state index contributed by atoms with van der Waals surface area (Å²) >= 11 is 0.